The number of aromatic hydroxyl groups is 1. The number of imidazole rings is 1. The van der Waals surface area contributed by atoms with Crippen LogP contribution in [0.4, 0.5) is 8.78 Å². The van der Waals surface area contributed by atoms with Crippen LogP contribution >= 0.6 is 0 Å². The number of benzene rings is 2. The third kappa shape index (κ3) is 2.63. The Bertz CT molecular complexity index is 783. The average Bonchev–Trinajstić information content (AvgIpc) is 2.89. The summed E-state index contributed by atoms with van der Waals surface area (Å²) in [5.74, 6) is -0.748. The Labute approximate surface area is 120 Å². The fraction of sp³-hybridized carbons (Fsp3) is 0.0625. The molecule has 0 amide bonds. The summed E-state index contributed by atoms with van der Waals surface area (Å²) in [5.41, 5.74) is 0.913. The Morgan fingerprint density at radius 2 is 1.90 bits per heavy atom. The highest BCUT2D eigenvalue weighted by atomic mass is 19.1. The first-order valence-electron chi connectivity index (χ1n) is 6.38. The molecular weight excluding hydrogens is 274 g/mol. The molecule has 1 N–H and O–H groups in total. The van der Waals surface area contributed by atoms with Crippen LogP contribution in [-0.2, 0) is 6.54 Å². The molecule has 0 unspecified atom stereocenters. The molecule has 0 atom stereocenters. The van der Waals surface area contributed by atoms with Crippen LogP contribution in [0, 0.1) is 11.6 Å². The Morgan fingerprint density at radius 1 is 1.10 bits per heavy atom. The van der Waals surface area contributed by atoms with Crippen LogP contribution in [0.15, 0.2) is 54.9 Å². The highest BCUT2D eigenvalue weighted by Gasteiger charge is 2.13. The van der Waals surface area contributed by atoms with Crippen molar-refractivity contribution in [2.45, 2.75) is 6.54 Å². The van der Waals surface area contributed by atoms with E-state index < -0.39 is 11.6 Å². The zero-order chi connectivity index (χ0) is 14.8. The third-order valence-electron chi connectivity index (χ3n) is 3.22. The lowest BCUT2D eigenvalue weighted by Gasteiger charge is -2.10. The quantitative estimate of drug-likeness (QED) is 0.799. The van der Waals surface area contributed by atoms with E-state index in [1.165, 1.54) is 18.3 Å². The van der Waals surface area contributed by atoms with Gasteiger partial charge in [0.1, 0.15) is 23.2 Å². The summed E-state index contributed by atoms with van der Waals surface area (Å²) in [5, 5.41) is 9.80. The predicted molar refractivity (Wildman–Crippen MR) is 74.8 cm³/mol. The van der Waals surface area contributed by atoms with Crippen molar-refractivity contribution in [2.75, 3.05) is 0 Å². The largest absolute Gasteiger partial charge is 0.508 e. The van der Waals surface area contributed by atoms with Crippen molar-refractivity contribution in [1.29, 1.82) is 0 Å². The van der Waals surface area contributed by atoms with Crippen molar-refractivity contribution < 1.29 is 13.9 Å². The van der Waals surface area contributed by atoms with E-state index in [2.05, 4.69) is 4.98 Å². The molecule has 5 heteroatoms. The molecule has 3 aromatic rings. The van der Waals surface area contributed by atoms with Gasteiger partial charge in [-0.3, -0.25) is 0 Å². The van der Waals surface area contributed by atoms with Gasteiger partial charge in [0.05, 0.1) is 12.1 Å². The first kappa shape index (κ1) is 13.3. The van der Waals surface area contributed by atoms with E-state index in [1.807, 2.05) is 6.07 Å². The van der Waals surface area contributed by atoms with E-state index in [0.717, 1.165) is 6.07 Å². The second-order valence-electron chi connectivity index (χ2n) is 4.63. The lowest BCUT2D eigenvalue weighted by atomic mass is 10.1. The smallest absolute Gasteiger partial charge is 0.143 e. The van der Waals surface area contributed by atoms with Gasteiger partial charge < -0.3 is 9.67 Å². The van der Waals surface area contributed by atoms with Crippen molar-refractivity contribution in [3.63, 3.8) is 0 Å². The molecule has 0 saturated carbocycles. The topological polar surface area (TPSA) is 38.0 Å². The molecular formula is C16H12F2N2O. The number of nitrogens with zero attached hydrogens (tertiary/aromatic N) is 2. The van der Waals surface area contributed by atoms with Crippen molar-refractivity contribution in [2.24, 2.45) is 0 Å². The standard InChI is InChI=1S/C16H12F2N2O/c17-12-5-6-13(14(18)9-12)16-19-7-8-20(16)10-11-3-1-2-4-15(11)21/h1-9,21H,10H2. The molecule has 0 fully saturated rings. The fourth-order valence-electron chi connectivity index (χ4n) is 2.18. The molecule has 3 nitrogen and oxygen atoms in total. The van der Waals surface area contributed by atoms with Gasteiger partial charge in [-0.05, 0) is 18.2 Å². The van der Waals surface area contributed by atoms with E-state index in [9.17, 15) is 13.9 Å². The summed E-state index contributed by atoms with van der Waals surface area (Å²) in [6, 6.07) is 10.3. The number of hydrogen-bond acceptors (Lipinski definition) is 2. The number of aromatic nitrogens is 2. The molecule has 0 saturated heterocycles. The normalized spacial score (nSPS) is 10.8. The summed E-state index contributed by atoms with van der Waals surface area (Å²) in [7, 11) is 0. The van der Waals surface area contributed by atoms with Crippen molar-refractivity contribution >= 4 is 0 Å². The maximum Gasteiger partial charge on any atom is 0.143 e. The average molecular weight is 286 g/mol. The molecule has 0 aliphatic carbocycles. The molecule has 0 radical (unpaired) electrons. The minimum atomic E-state index is -0.667. The number of halogens is 2. The summed E-state index contributed by atoms with van der Waals surface area (Å²) in [6.07, 6.45) is 3.22. The second kappa shape index (κ2) is 5.36. The van der Waals surface area contributed by atoms with Crippen LogP contribution in [0.1, 0.15) is 5.56 Å². The van der Waals surface area contributed by atoms with Gasteiger partial charge in [0.2, 0.25) is 0 Å². The van der Waals surface area contributed by atoms with Crippen LogP contribution in [0.2, 0.25) is 0 Å². The Hall–Kier alpha value is -2.69. The minimum Gasteiger partial charge on any atom is -0.508 e. The summed E-state index contributed by atoms with van der Waals surface area (Å²) in [6.45, 7) is 0.346. The van der Waals surface area contributed by atoms with E-state index in [-0.39, 0.29) is 11.3 Å². The maximum atomic E-state index is 13.9. The molecule has 3 rings (SSSR count). The molecule has 2 aromatic carbocycles. The van der Waals surface area contributed by atoms with Gasteiger partial charge in [-0.1, -0.05) is 18.2 Å². The Balaban J connectivity index is 2.00. The summed E-state index contributed by atoms with van der Waals surface area (Å²) in [4.78, 5) is 4.12. The van der Waals surface area contributed by atoms with Gasteiger partial charge in [-0.25, -0.2) is 13.8 Å². The molecule has 0 spiro atoms. The predicted octanol–water partition coefficient (Wildman–Crippen LogP) is 3.58. The van der Waals surface area contributed by atoms with Gasteiger partial charge in [-0.15, -0.1) is 0 Å². The van der Waals surface area contributed by atoms with Crippen LogP contribution in [-0.4, -0.2) is 14.7 Å². The highest BCUT2D eigenvalue weighted by molar-refractivity contribution is 5.56. The summed E-state index contributed by atoms with van der Waals surface area (Å²) >= 11 is 0. The van der Waals surface area contributed by atoms with E-state index in [0.29, 0.717) is 17.9 Å². The summed E-state index contributed by atoms with van der Waals surface area (Å²) < 4.78 is 28.6. The number of para-hydroxylation sites is 1. The zero-order valence-corrected chi connectivity index (χ0v) is 11.0. The first-order chi connectivity index (χ1) is 10.1. The lowest BCUT2D eigenvalue weighted by molar-refractivity contribution is 0.466. The van der Waals surface area contributed by atoms with Crippen molar-refractivity contribution in [3.8, 4) is 17.1 Å². The molecule has 0 aliphatic heterocycles. The van der Waals surface area contributed by atoms with E-state index >= 15 is 0 Å². The van der Waals surface area contributed by atoms with Crippen molar-refractivity contribution in [3.05, 3.63) is 72.1 Å². The van der Waals surface area contributed by atoms with Crippen LogP contribution in [0.3, 0.4) is 0 Å². The zero-order valence-electron chi connectivity index (χ0n) is 11.0. The molecule has 1 aromatic heterocycles. The van der Waals surface area contributed by atoms with Gasteiger partial charge in [0.25, 0.3) is 0 Å². The van der Waals surface area contributed by atoms with Crippen LogP contribution in [0.25, 0.3) is 11.4 Å². The van der Waals surface area contributed by atoms with E-state index in [1.54, 1.807) is 29.0 Å². The van der Waals surface area contributed by atoms with Gasteiger partial charge in [0, 0.05) is 24.0 Å². The number of hydrogen-bond donors (Lipinski definition) is 1. The van der Waals surface area contributed by atoms with E-state index in [4.69, 9.17) is 0 Å². The van der Waals surface area contributed by atoms with Gasteiger partial charge in [0.15, 0.2) is 0 Å². The monoisotopic (exact) mass is 286 g/mol. The maximum absolute atomic E-state index is 13.9. The number of phenolic OH excluding ortho intramolecular Hbond substituents is 1. The molecule has 106 valence electrons. The van der Waals surface area contributed by atoms with Crippen LogP contribution < -0.4 is 0 Å². The fourth-order valence-corrected chi connectivity index (χ4v) is 2.18. The minimum absolute atomic E-state index is 0.164. The highest BCUT2D eigenvalue weighted by Crippen LogP contribution is 2.24. The van der Waals surface area contributed by atoms with Crippen molar-refractivity contribution in [1.82, 2.24) is 9.55 Å². The molecule has 0 bridgehead atoms. The second-order valence-corrected chi connectivity index (χ2v) is 4.63. The van der Waals surface area contributed by atoms with Gasteiger partial charge in [-0.2, -0.15) is 0 Å². The number of phenols is 1. The Kier molecular flexibility index (Phi) is 3.39. The molecule has 21 heavy (non-hydrogen) atoms. The Morgan fingerprint density at radius 3 is 2.67 bits per heavy atom. The SMILES string of the molecule is Oc1ccccc1Cn1ccnc1-c1ccc(F)cc1F. The molecule has 1 heterocycles. The van der Waals surface area contributed by atoms with Crippen LogP contribution in [0.5, 0.6) is 5.75 Å². The third-order valence-corrected chi connectivity index (χ3v) is 3.22. The lowest BCUT2D eigenvalue weighted by Crippen LogP contribution is -2.02. The molecule has 0 aliphatic rings. The first-order valence-corrected chi connectivity index (χ1v) is 6.38. The van der Waals surface area contributed by atoms with Gasteiger partial charge >= 0.3 is 0 Å². The number of rotatable bonds is 3.